The Labute approximate surface area is 77.6 Å². The smallest absolute Gasteiger partial charge is 0.309 e. The number of methoxy groups -OCH3 is 1. The van der Waals surface area contributed by atoms with E-state index in [2.05, 4.69) is 5.32 Å². The zero-order chi connectivity index (χ0) is 9.26. The van der Waals surface area contributed by atoms with Gasteiger partial charge in [0.05, 0.1) is 26.2 Å². The normalized spacial score (nSPS) is 38.4. The number of hydrogen-bond acceptors (Lipinski definition) is 4. The fraction of sp³-hybridized carbons (Fsp3) is 0.889. The second-order valence-electron chi connectivity index (χ2n) is 3.68. The Hall–Kier alpha value is -0.610. The summed E-state index contributed by atoms with van der Waals surface area (Å²) < 4.78 is 10.1. The Balaban J connectivity index is 2.05. The van der Waals surface area contributed by atoms with Gasteiger partial charge in [0.25, 0.3) is 0 Å². The molecule has 0 aromatic heterocycles. The Morgan fingerprint density at radius 1 is 1.54 bits per heavy atom. The zero-order valence-corrected chi connectivity index (χ0v) is 7.79. The standard InChI is InChI=1S/C9H15NO3/c1-12-9(11)6-2-3-10-8-5-13-4-7(6)8/h6-8,10H,2-5H2,1H3/t6-,7+,8-/m1/s1. The molecule has 0 saturated carbocycles. The first-order valence-electron chi connectivity index (χ1n) is 4.72. The lowest BCUT2D eigenvalue weighted by molar-refractivity contribution is -0.148. The van der Waals surface area contributed by atoms with Crippen molar-refractivity contribution in [2.45, 2.75) is 12.5 Å². The summed E-state index contributed by atoms with van der Waals surface area (Å²) in [6, 6.07) is 0.359. The lowest BCUT2D eigenvalue weighted by Gasteiger charge is -2.31. The first kappa shape index (κ1) is 8.97. The van der Waals surface area contributed by atoms with Crippen molar-refractivity contribution in [3.63, 3.8) is 0 Å². The number of piperidine rings is 1. The fourth-order valence-electron chi connectivity index (χ4n) is 2.26. The van der Waals surface area contributed by atoms with Crippen molar-refractivity contribution in [3.8, 4) is 0 Å². The number of fused-ring (bicyclic) bond motifs is 1. The zero-order valence-electron chi connectivity index (χ0n) is 7.79. The van der Waals surface area contributed by atoms with Crippen LogP contribution in [0.25, 0.3) is 0 Å². The second kappa shape index (κ2) is 3.64. The predicted molar refractivity (Wildman–Crippen MR) is 46.2 cm³/mol. The molecule has 2 rings (SSSR count). The van der Waals surface area contributed by atoms with Crippen LogP contribution in [0.1, 0.15) is 6.42 Å². The Bertz CT molecular complexity index is 207. The van der Waals surface area contributed by atoms with Gasteiger partial charge in [-0.25, -0.2) is 0 Å². The number of esters is 1. The largest absolute Gasteiger partial charge is 0.469 e. The van der Waals surface area contributed by atoms with Crippen LogP contribution in [0.2, 0.25) is 0 Å². The lowest BCUT2D eigenvalue weighted by Crippen LogP contribution is -2.47. The van der Waals surface area contributed by atoms with E-state index in [9.17, 15) is 4.79 Å². The molecule has 0 aliphatic carbocycles. The number of hydrogen-bond donors (Lipinski definition) is 1. The van der Waals surface area contributed by atoms with Crippen LogP contribution < -0.4 is 5.32 Å². The van der Waals surface area contributed by atoms with Gasteiger partial charge < -0.3 is 14.8 Å². The molecule has 4 heteroatoms. The third-order valence-electron chi connectivity index (χ3n) is 3.01. The van der Waals surface area contributed by atoms with E-state index in [1.807, 2.05) is 0 Å². The Morgan fingerprint density at radius 2 is 2.38 bits per heavy atom. The molecule has 2 aliphatic rings. The molecule has 2 aliphatic heterocycles. The molecule has 0 amide bonds. The average Bonchev–Trinajstić information content (AvgIpc) is 2.63. The van der Waals surface area contributed by atoms with E-state index in [1.54, 1.807) is 0 Å². The average molecular weight is 185 g/mol. The van der Waals surface area contributed by atoms with Gasteiger partial charge in [0.1, 0.15) is 0 Å². The molecule has 2 fully saturated rings. The van der Waals surface area contributed by atoms with E-state index in [4.69, 9.17) is 9.47 Å². The molecule has 74 valence electrons. The number of ether oxygens (including phenoxy) is 2. The minimum Gasteiger partial charge on any atom is -0.469 e. The number of carbonyl (C=O) groups is 1. The minimum absolute atomic E-state index is 0.0405. The van der Waals surface area contributed by atoms with Crippen LogP contribution in [0, 0.1) is 11.8 Å². The number of nitrogens with one attached hydrogen (secondary N) is 1. The molecular formula is C9H15NO3. The molecule has 1 N–H and O–H groups in total. The molecule has 0 spiro atoms. The van der Waals surface area contributed by atoms with E-state index < -0.39 is 0 Å². The maximum absolute atomic E-state index is 11.4. The van der Waals surface area contributed by atoms with Gasteiger partial charge in [-0.2, -0.15) is 0 Å². The van der Waals surface area contributed by atoms with Crippen molar-refractivity contribution in [2.75, 3.05) is 26.9 Å². The third kappa shape index (κ3) is 1.56. The van der Waals surface area contributed by atoms with Gasteiger partial charge >= 0.3 is 5.97 Å². The highest BCUT2D eigenvalue weighted by atomic mass is 16.5. The van der Waals surface area contributed by atoms with Gasteiger partial charge in [-0.3, -0.25) is 4.79 Å². The van der Waals surface area contributed by atoms with Crippen LogP contribution in [-0.4, -0.2) is 38.9 Å². The SMILES string of the molecule is COC(=O)[C@@H]1CCN[C@@H]2COC[C@H]21. The van der Waals surface area contributed by atoms with Crippen molar-refractivity contribution in [1.29, 1.82) is 0 Å². The van der Waals surface area contributed by atoms with Gasteiger partial charge in [0, 0.05) is 12.0 Å². The van der Waals surface area contributed by atoms with Crippen LogP contribution in [-0.2, 0) is 14.3 Å². The highest BCUT2D eigenvalue weighted by Crippen LogP contribution is 2.29. The Morgan fingerprint density at radius 3 is 3.15 bits per heavy atom. The van der Waals surface area contributed by atoms with E-state index in [0.29, 0.717) is 18.6 Å². The van der Waals surface area contributed by atoms with Crippen molar-refractivity contribution in [2.24, 2.45) is 11.8 Å². The minimum atomic E-state index is -0.0815. The lowest BCUT2D eigenvalue weighted by atomic mass is 9.83. The molecule has 0 aromatic carbocycles. The summed E-state index contributed by atoms with van der Waals surface area (Å²) in [5, 5.41) is 3.36. The van der Waals surface area contributed by atoms with Crippen molar-refractivity contribution in [1.82, 2.24) is 5.32 Å². The summed E-state index contributed by atoms with van der Waals surface area (Å²) >= 11 is 0. The molecule has 0 radical (unpaired) electrons. The van der Waals surface area contributed by atoms with Crippen LogP contribution in [0.15, 0.2) is 0 Å². The van der Waals surface area contributed by atoms with Crippen LogP contribution >= 0.6 is 0 Å². The Kier molecular flexibility index (Phi) is 2.51. The van der Waals surface area contributed by atoms with Crippen LogP contribution in [0.5, 0.6) is 0 Å². The van der Waals surface area contributed by atoms with Crippen LogP contribution in [0.4, 0.5) is 0 Å². The molecule has 2 saturated heterocycles. The van der Waals surface area contributed by atoms with E-state index in [1.165, 1.54) is 7.11 Å². The summed E-state index contributed by atoms with van der Waals surface area (Å²) in [5.41, 5.74) is 0. The maximum Gasteiger partial charge on any atom is 0.309 e. The van der Waals surface area contributed by atoms with Crippen molar-refractivity contribution >= 4 is 5.97 Å². The van der Waals surface area contributed by atoms with Gasteiger partial charge in [-0.05, 0) is 13.0 Å². The topological polar surface area (TPSA) is 47.6 Å². The fourth-order valence-corrected chi connectivity index (χ4v) is 2.26. The predicted octanol–water partition coefficient (Wildman–Crippen LogP) is -0.216. The molecule has 0 unspecified atom stereocenters. The molecule has 3 atom stereocenters. The number of carbonyl (C=O) groups excluding carboxylic acids is 1. The second-order valence-corrected chi connectivity index (χ2v) is 3.68. The highest BCUT2D eigenvalue weighted by Gasteiger charge is 2.41. The number of rotatable bonds is 1. The summed E-state index contributed by atoms with van der Waals surface area (Å²) in [5.74, 6) is 0.280. The summed E-state index contributed by atoms with van der Waals surface area (Å²) in [6.45, 7) is 2.32. The van der Waals surface area contributed by atoms with Crippen molar-refractivity contribution in [3.05, 3.63) is 0 Å². The molecule has 2 heterocycles. The van der Waals surface area contributed by atoms with Gasteiger partial charge in [-0.1, -0.05) is 0 Å². The molecule has 4 nitrogen and oxygen atoms in total. The van der Waals surface area contributed by atoms with E-state index >= 15 is 0 Å². The maximum atomic E-state index is 11.4. The van der Waals surface area contributed by atoms with E-state index in [-0.39, 0.29) is 11.9 Å². The van der Waals surface area contributed by atoms with Gasteiger partial charge in [-0.15, -0.1) is 0 Å². The highest BCUT2D eigenvalue weighted by molar-refractivity contribution is 5.73. The quantitative estimate of drug-likeness (QED) is 0.574. The summed E-state index contributed by atoms with van der Waals surface area (Å²) in [6.07, 6.45) is 0.872. The van der Waals surface area contributed by atoms with Crippen molar-refractivity contribution < 1.29 is 14.3 Å². The van der Waals surface area contributed by atoms with Gasteiger partial charge in [0.2, 0.25) is 0 Å². The summed E-state index contributed by atoms with van der Waals surface area (Å²) in [7, 11) is 1.45. The van der Waals surface area contributed by atoms with Gasteiger partial charge in [0.15, 0.2) is 0 Å². The first-order chi connectivity index (χ1) is 6.33. The molecule has 13 heavy (non-hydrogen) atoms. The summed E-state index contributed by atoms with van der Waals surface area (Å²) in [4.78, 5) is 11.4. The van der Waals surface area contributed by atoms with E-state index in [0.717, 1.165) is 19.6 Å². The monoisotopic (exact) mass is 185 g/mol. The molecule has 0 bridgehead atoms. The third-order valence-corrected chi connectivity index (χ3v) is 3.01. The van der Waals surface area contributed by atoms with Crippen LogP contribution in [0.3, 0.4) is 0 Å². The molecular weight excluding hydrogens is 170 g/mol. The first-order valence-corrected chi connectivity index (χ1v) is 4.72. The molecule has 0 aromatic rings.